The number of aryl methyl sites for hydroxylation is 1. The van der Waals surface area contributed by atoms with Crippen LogP contribution < -0.4 is 0 Å². The Morgan fingerprint density at radius 3 is 2.50 bits per heavy atom. The quantitative estimate of drug-likeness (QED) is 0.767. The summed E-state index contributed by atoms with van der Waals surface area (Å²) in [5.74, 6) is -1.38. The molecule has 0 aliphatic carbocycles. The summed E-state index contributed by atoms with van der Waals surface area (Å²) in [7, 11) is 1.21. The van der Waals surface area contributed by atoms with Crippen LogP contribution in [0.5, 0.6) is 0 Å². The highest BCUT2D eigenvalue weighted by molar-refractivity contribution is 5.95. The molecule has 7 nitrogen and oxygen atoms in total. The molecule has 1 fully saturated rings. The summed E-state index contributed by atoms with van der Waals surface area (Å²) in [6.07, 6.45) is -0.374. The van der Waals surface area contributed by atoms with Gasteiger partial charge < -0.3 is 14.4 Å². The minimum Gasteiger partial charge on any atom is -0.465 e. The summed E-state index contributed by atoms with van der Waals surface area (Å²) in [5, 5.41) is 5.15. The van der Waals surface area contributed by atoms with Crippen molar-refractivity contribution in [2.45, 2.75) is 39.3 Å². The summed E-state index contributed by atoms with van der Waals surface area (Å²) >= 11 is 0. The number of halogens is 1. The van der Waals surface area contributed by atoms with Crippen LogP contribution in [0.25, 0.3) is 10.9 Å². The van der Waals surface area contributed by atoms with Crippen LogP contribution in [0.2, 0.25) is 0 Å². The van der Waals surface area contributed by atoms with E-state index in [1.807, 2.05) is 20.8 Å². The zero-order valence-corrected chi connectivity index (χ0v) is 15.5. The van der Waals surface area contributed by atoms with Gasteiger partial charge in [0.2, 0.25) is 0 Å². The third kappa shape index (κ3) is 3.23. The number of fused-ring (bicyclic) bond motifs is 1. The zero-order chi connectivity index (χ0) is 19.2. The van der Waals surface area contributed by atoms with Crippen LogP contribution in [0.1, 0.15) is 42.9 Å². The molecular formula is C18H22FN3O4. The van der Waals surface area contributed by atoms with Crippen molar-refractivity contribution in [3.63, 3.8) is 0 Å². The maximum absolute atomic E-state index is 14.3. The number of hydrogen-bond donors (Lipinski definition) is 0. The molecular weight excluding hydrogens is 341 g/mol. The van der Waals surface area contributed by atoms with Gasteiger partial charge in [0.05, 0.1) is 29.9 Å². The molecule has 0 N–H and O–H groups in total. The number of nitrogens with zero attached hydrogens (tertiary/aromatic N) is 3. The average molecular weight is 363 g/mol. The topological polar surface area (TPSA) is 73.7 Å². The highest BCUT2D eigenvalue weighted by atomic mass is 19.1. The van der Waals surface area contributed by atoms with Crippen LogP contribution in [0.4, 0.5) is 9.18 Å². The van der Waals surface area contributed by atoms with Crippen molar-refractivity contribution in [3.8, 4) is 0 Å². The first-order chi connectivity index (χ1) is 12.1. The van der Waals surface area contributed by atoms with Crippen molar-refractivity contribution in [1.82, 2.24) is 14.7 Å². The molecule has 1 aliphatic heterocycles. The molecule has 3 rings (SSSR count). The lowest BCUT2D eigenvalue weighted by atomic mass is 10.1. The van der Waals surface area contributed by atoms with Crippen LogP contribution in [0.3, 0.4) is 0 Å². The van der Waals surface area contributed by atoms with E-state index in [0.29, 0.717) is 29.7 Å². The van der Waals surface area contributed by atoms with Crippen LogP contribution >= 0.6 is 0 Å². The van der Waals surface area contributed by atoms with Gasteiger partial charge >= 0.3 is 12.1 Å². The van der Waals surface area contributed by atoms with E-state index in [2.05, 4.69) is 9.84 Å². The van der Waals surface area contributed by atoms with E-state index >= 15 is 0 Å². The van der Waals surface area contributed by atoms with E-state index in [1.54, 1.807) is 16.5 Å². The molecule has 1 aliphatic rings. The summed E-state index contributed by atoms with van der Waals surface area (Å²) in [6, 6.07) is 2.68. The summed E-state index contributed by atoms with van der Waals surface area (Å²) in [6.45, 7) is 8.11. The number of benzene rings is 1. The van der Waals surface area contributed by atoms with E-state index < -0.39 is 17.4 Å². The maximum atomic E-state index is 14.3. The first kappa shape index (κ1) is 18.2. The number of methoxy groups -OCH3 is 1. The number of aromatic nitrogens is 2. The largest absolute Gasteiger partial charge is 0.465 e. The van der Waals surface area contributed by atoms with Gasteiger partial charge in [-0.25, -0.2) is 14.0 Å². The van der Waals surface area contributed by atoms with Crippen molar-refractivity contribution in [1.29, 1.82) is 0 Å². The van der Waals surface area contributed by atoms with Gasteiger partial charge in [-0.2, -0.15) is 5.10 Å². The minimum atomic E-state index is -0.726. The molecule has 0 atom stereocenters. The van der Waals surface area contributed by atoms with Gasteiger partial charge in [0.1, 0.15) is 11.4 Å². The van der Waals surface area contributed by atoms with E-state index in [9.17, 15) is 14.0 Å². The fraction of sp³-hybridized carbons (Fsp3) is 0.500. The predicted octanol–water partition coefficient (Wildman–Crippen LogP) is 3.06. The first-order valence-electron chi connectivity index (χ1n) is 8.35. The molecule has 0 saturated carbocycles. The molecule has 1 aromatic heterocycles. The number of likely N-dealkylation sites (tertiary alicyclic amines) is 1. The SMILES string of the molecule is COC(=O)c1cc2c(C)nn(C3CN(C(=O)OC(C)(C)C)C3)c2cc1F. The van der Waals surface area contributed by atoms with E-state index in [4.69, 9.17) is 4.74 Å². The van der Waals surface area contributed by atoms with Crippen molar-refractivity contribution < 1.29 is 23.5 Å². The third-order valence-electron chi connectivity index (χ3n) is 4.24. The van der Waals surface area contributed by atoms with Gasteiger partial charge in [-0.05, 0) is 33.8 Å². The van der Waals surface area contributed by atoms with E-state index in [0.717, 1.165) is 0 Å². The monoisotopic (exact) mass is 363 g/mol. The fourth-order valence-corrected chi connectivity index (χ4v) is 2.94. The second-order valence-electron chi connectivity index (χ2n) is 7.41. The van der Waals surface area contributed by atoms with Gasteiger partial charge in [-0.15, -0.1) is 0 Å². The van der Waals surface area contributed by atoms with Crippen LogP contribution in [0.15, 0.2) is 12.1 Å². The van der Waals surface area contributed by atoms with E-state index in [-0.39, 0.29) is 17.7 Å². The standard InChI is InChI=1S/C18H22FN3O4/c1-10-12-6-13(16(23)25-5)14(19)7-15(12)22(20-10)11-8-21(9-11)17(24)26-18(2,3)4/h6-7,11H,8-9H2,1-5H3. The number of rotatable bonds is 2. The van der Waals surface area contributed by atoms with Gasteiger partial charge in [0.15, 0.2) is 0 Å². The first-order valence-corrected chi connectivity index (χ1v) is 8.35. The van der Waals surface area contributed by atoms with Gasteiger partial charge in [-0.3, -0.25) is 4.68 Å². The Morgan fingerprint density at radius 1 is 1.27 bits per heavy atom. The Balaban J connectivity index is 1.84. The normalized spacial score (nSPS) is 15.1. The van der Waals surface area contributed by atoms with Crippen LogP contribution in [-0.4, -0.2) is 52.5 Å². The molecule has 8 heteroatoms. The third-order valence-corrected chi connectivity index (χ3v) is 4.24. The molecule has 2 aromatic rings. The Bertz CT molecular complexity index is 879. The van der Waals surface area contributed by atoms with Gasteiger partial charge in [0.25, 0.3) is 0 Å². The van der Waals surface area contributed by atoms with Crippen LogP contribution in [-0.2, 0) is 9.47 Å². The number of carbonyl (C=O) groups excluding carboxylic acids is 2. The Hall–Kier alpha value is -2.64. The molecule has 1 aromatic carbocycles. The fourth-order valence-electron chi connectivity index (χ4n) is 2.94. The van der Waals surface area contributed by atoms with Crippen molar-refractivity contribution >= 4 is 23.0 Å². The molecule has 1 saturated heterocycles. The summed E-state index contributed by atoms with van der Waals surface area (Å²) in [5.41, 5.74) is 0.596. The smallest absolute Gasteiger partial charge is 0.410 e. The number of ether oxygens (including phenoxy) is 2. The zero-order valence-electron chi connectivity index (χ0n) is 15.5. The maximum Gasteiger partial charge on any atom is 0.410 e. The van der Waals surface area contributed by atoms with Gasteiger partial charge in [-0.1, -0.05) is 0 Å². The number of carbonyl (C=O) groups is 2. The molecule has 0 spiro atoms. The number of hydrogen-bond acceptors (Lipinski definition) is 5. The van der Waals surface area contributed by atoms with Crippen molar-refractivity contribution in [2.75, 3.05) is 20.2 Å². The Morgan fingerprint density at radius 2 is 1.92 bits per heavy atom. The lowest BCUT2D eigenvalue weighted by Crippen LogP contribution is -2.52. The molecule has 2 heterocycles. The molecule has 0 bridgehead atoms. The number of esters is 1. The van der Waals surface area contributed by atoms with Crippen LogP contribution in [0, 0.1) is 12.7 Å². The van der Waals surface area contributed by atoms with E-state index in [1.165, 1.54) is 19.2 Å². The molecule has 26 heavy (non-hydrogen) atoms. The lowest BCUT2D eigenvalue weighted by Gasteiger charge is -2.39. The Labute approximate surface area is 150 Å². The average Bonchev–Trinajstić information content (AvgIpc) is 2.78. The summed E-state index contributed by atoms with van der Waals surface area (Å²) < 4.78 is 25.9. The molecule has 140 valence electrons. The molecule has 0 unspecified atom stereocenters. The molecule has 0 radical (unpaired) electrons. The summed E-state index contributed by atoms with van der Waals surface area (Å²) in [4.78, 5) is 25.3. The second-order valence-corrected chi connectivity index (χ2v) is 7.41. The van der Waals surface area contributed by atoms with Crippen molar-refractivity contribution in [3.05, 3.63) is 29.2 Å². The molecule has 1 amide bonds. The second kappa shape index (κ2) is 6.26. The lowest BCUT2D eigenvalue weighted by molar-refractivity contribution is 0.000111. The highest BCUT2D eigenvalue weighted by Crippen LogP contribution is 2.30. The minimum absolute atomic E-state index is 0.0675. The van der Waals surface area contributed by atoms with Crippen molar-refractivity contribution in [2.24, 2.45) is 0 Å². The Kier molecular flexibility index (Phi) is 4.37. The number of amides is 1. The van der Waals surface area contributed by atoms with Gasteiger partial charge in [0, 0.05) is 24.5 Å². The highest BCUT2D eigenvalue weighted by Gasteiger charge is 2.36. The predicted molar refractivity (Wildman–Crippen MR) is 92.6 cm³/mol.